The van der Waals surface area contributed by atoms with Gasteiger partial charge in [-0.05, 0) is 49.2 Å². The second-order valence-electron chi connectivity index (χ2n) is 6.62. The van der Waals surface area contributed by atoms with Crippen LogP contribution in [0, 0.1) is 5.82 Å². The Kier molecular flexibility index (Phi) is 5.31. The maximum atomic E-state index is 13.4. The van der Waals surface area contributed by atoms with Crippen LogP contribution in [-0.4, -0.2) is 36.0 Å². The standard InChI is InChI=1S/C19H17BrFN3O3S/c20-15-6-8-17(9-7-15)28(25,26)24-10-2-4-14(12-24)19-22-18(23-27-19)13-3-1-5-16(21)11-13/h1,3,5-9,11,14H,2,4,10,12H2. The molecule has 0 radical (unpaired) electrons. The van der Waals surface area contributed by atoms with Gasteiger partial charge in [-0.1, -0.05) is 33.2 Å². The van der Waals surface area contributed by atoms with Gasteiger partial charge in [0.15, 0.2) is 0 Å². The second kappa shape index (κ2) is 7.73. The SMILES string of the molecule is O=S(=O)(c1ccc(Br)cc1)N1CCCC(c2nc(-c3cccc(F)c3)no2)C1. The fourth-order valence-corrected chi connectivity index (χ4v) is 5.05. The van der Waals surface area contributed by atoms with E-state index in [1.807, 2.05) is 0 Å². The summed E-state index contributed by atoms with van der Waals surface area (Å²) in [6, 6.07) is 12.5. The summed E-state index contributed by atoms with van der Waals surface area (Å²) in [5.41, 5.74) is 0.519. The second-order valence-corrected chi connectivity index (χ2v) is 9.48. The van der Waals surface area contributed by atoms with Crippen LogP contribution >= 0.6 is 15.9 Å². The van der Waals surface area contributed by atoms with Crippen LogP contribution < -0.4 is 0 Å². The number of piperidine rings is 1. The Labute approximate surface area is 170 Å². The highest BCUT2D eigenvalue weighted by atomic mass is 79.9. The Balaban J connectivity index is 1.55. The average Bonchev–Trinajstić information content (AvgIpc) is 3.19. The molecule has 6 nitrogen and oxygen atoms in total. The molecule has 1 aliphatic rings. The number of rotatable bonds is 4. The Morgan fingerprint density at radius 1 is 1.18 bits per heavy atom. The van der Waals surface area contributed by atoms with Crippen LogP contribution in [0.3, 0.4) is 0 Å². The third-order valence-electron chi connectivity index (χ3n) is 4.71. The maximum Gasteiger partial charge on any atom is 0.243 e. The minimum atomic E-state index is -3.60. The van der Waals surface area contributed by atoms with Crippen LogP contribution in [0.25, 0.3) is 11.4 Å². The molecule has 28 heavy (non-hydrogen) atoms. The molecule has 2 heterocycles. The van der Waals surface area contributed by atoms with Crippen LogP contribution in [0.5, 0.6) is 0 Å². The predicted octanol–water partition coefficient (Wildman–Crippen LogP) is 4.21. The normalized spacial score (nSPS) is 18.3. The maximum absolute atomic E-state index is 13.4. The summed E-state index contributed by atoms with van der Waals surface area (Å²) in [7, 11) is -3.60. The largest absolute Gasteiger partial charge is 0.339 e. The smallest absolute Gasteiger partial charge is 0.243 e. The summed E-state index contributed by atoms with van der Waals surface area (Å²) in [6.07, 6.45) is 1.44. The number of benzene rings is 2. The molecule has 9 heteroatoms. The minimum absolute atomic E-state index is 0.200. The van der Waals surface area contributed by atoms with Gasteiger partial charge in [0.05, 0.1) is 10.8 Å². The van der Waals surface area contributed by atoms with E-state index in [1.165, 1.54) is 16.4 Å². The van der Waals surface area contributed by atoms with Crippen LogP contribution in [0.4, 0.5) is 4.39 Å². The van der Waals surface area contributed by atoms with Gasteiger partial charge in [-0.3, -0.25) is 0 Å². The highest BCUT2D eigenvalue weighted by molar-refractivity contribution is 9.10. The number of sulfonamides is 1. The van der Waals surface area contributed by atoms with E-state index in [4.69, 9.17) is 4.52 Å². The van der Waals surface area contributed by atoms with Crippen molar-refractivity contribution >= 4 is 26.0 Å². The van der Waals surface area contributed by atoms with E-state index in [9.17, 15) is 12.8 Å². The number of hydrogen-bond donors (Lipinski definition) is 0. The first-order valence-corrected chi connectivity index (χ1v) is 11.0. The number of hydrogen-bond acceptors (Lipinski definition) is 5. The minimum Gasteiger partial charge on any atom is -0.339 e. The fraction of sp³-hybridized carbons (Fsp3) is 0.263. The highest BCUT2D eigenvalue weighted by Gasteiger charge is 2.33. The van der Waals surface area contributed by atoms with Crippen molar-refractivity contribution in [3.8, 4) is 11.4 Å². The van der Waals surface area contributed by atoms with E-state index in [-0.39, 0.29) is 23.2 Å². The third kappa shape index (κ3) is 3.87. The first-order chi connectivity index (χ1) is 13.4. The number of aromatic nitrogens is 2. The van der Waals surface area contributed by atoms with E-state index in [1.54, 1.807) is 36.4 Å². The zero-order chi connectivity index (χ0) is 19.7. The fourth-order valence-electron chi connectivity index (χ4n) is 3.26. The van der Waals surface area contributed by atoms with Crippen molar-refractivity contribution in [2.24, 2.45) is 0 Å². The molecule has 0 amide bonds. The van der Waals surface area contributed by atoms with Gasteiger partial charge in [0, 0.05) is 23.1 Å². The van der Waals surface area contributed by atoms with Crippen molar-refractivity contribution in [3.05, 3.63) is 64.7 Å². The van der Waals surface area contributed by atoms with E-state index in [2.05, 4.69) is 26.1 Å². The molecule has 1 saturated heterocycles. The van der Waals surface area contributed by atoms with Gasteiger partial charge in [0.1, 0.15) is 5.82 Å². The van der Waals surface area contributed by atoms with Gasteiger partial charge in [-0.25, -0.2) is 12.8 Å². The van der Waals surface area contributed by atoms with Gasteiger partial charge in [-0.2, -0.15) is 9.29 Å². The Hall–Kier alpha value is -2.10. The molecule has 0 bridgehead atoms. The van der Waals surface area contributed by atoms with Crippen LogP contribution in [0.15, 0.2) is 62.4 Å². The van der Waals surface area contributed by atoms with Crippen molar-refractivity contribution in [3.63, 3.8) is 0 Å². The van der Waals surface area contributed by atoms with E-state index in [0.29, 0.717) is 30.2 Å². The molecule has 1 aliphatic heterocycles. The summed E-state index contributed by atoms with van der Waals surface area (Å²) in [6.45, 7) is 0.711. The van der Waals surface area contributed by atoms with Gasteiger partial charge in [0.25, 0.3) is 0 Å². The molecule has 2 aromatic carbocycles. The molecule has 146 valence electrons. The lowest BCUT2D eigenvalue weighted by Gasteiger charge is -2.30. The average molecular weight is 466 g/mol. The summed E-state index contributed by atoms with van der Waals surface area (Å²) in [5, 5.41) is 3.93. The Morgan fingerprint density at radius 3 is 2.71 bits per heavy atom. The summed E-state index contributed by atoms with van der Waals surface area (Å²) in [4.78, 5) is 4.63. The van der Waals surface area contributed by atoms with Crippen molar-refractivity contribution < 1.29 is 17.3 Å². The molecular weight excluding hydrogens is 449 g/mol. The highest BCUT2D eigenvalue weighted by Crippen LogP contribution is 2.31. The summed E-state index contributed by atoms with van der Waals surface area (Å²) < 4.78 is 46.9. The third-order valence-corrected chi connectivity index (χ3v) is 7.12. The Morgan fingerprint density at radius 2 is 1.96 bits per heavy atom. The lowest BCUT2D eigenvalue weighted by Crippen LogP contribution is -2.39. The first-order valence-electron chi connectivity index (χ1n) is 8.79. The monoisotopic (exact) mass is 465 g/mol. The van der Waals surface area contributed by atoms with E-state index in [0.717, 1.165) is 10.9 Å². The lowest BCUT2D eigenvalue weighted by atomic mass is 10.00. The molecule has 0 aliphatic carbocycles. The first kappa shape index (κ1) is 19.2. The molecule has 3 aromatic rings. The number of nitrogens with zero attached hydrogens (tertiary/aromatic N) is 3. The zero-order valence-electron chi connectivity index (χ0n) is 14.8. The van der Waals surface area contributed by atoms with Crippen molar-refractivity contribution in [1.29, 1.82) is 0 Å². The molecule has 4 rings (SSSR count). The van der Waals surface area contributed by atoms with Crippen LogP contribution in [0.1, 0.15) is 24.7 Å². The zero-order valence-corrected chi connectivity index (χ0v) is 17.2. The predicted molar refractivity (Wildman–Crippen MR) is 105 cm³/mol. The molecule has 0 N–H and O–H groups in total. The Bertz CT molecular complexity index is 1090. The quantitative estimate of drug-likeness (QED) is 0.576. The van der Waals surface area contributed by atoms with Gasteiger partial charge in [0.2, 0.25) is 21.7 Å². The van der Waals surface area contributed by atoms with Gasteiger partial charge in [-0.15, -0.1) is 0 Å². The van der Waals surface area contributed by atoms with E-state index < -0.39 is 10.0 Å². The van der Waals surface area contributed by atoms with Gasteiger partial charge >= 0.3 is 0 Å². The molecule has 1 atom stereocenters. The van der Waals surface area contributed by atoms with Crippen molar-refractivity contribution in [2.45, 2.75) is 23.7 Å². The van der Waals surface area contributed by atoms with Crippen LogP contribution in [0.2, 0.25) is 0 Å². The van der Waals surface area contributed by atoms with Crippen molar-refractivity contribution in [1.82, 2.24) is 14.4 Å². The van der Waals surface area contributed by atoms with E-state index >= 15 is 0 Å². The molecule has 0 saturated carbocycles. The molecule has 1 fully saturated rings. The van der Waals surface area contributed by atoms with Crippen molar-refractivity contribution in [2.75, 3.05) is 13.1 Å². The van der Waals surface area contributed by atoms with Crippen LogP contribution in [-0.2, 0) is 10.0 Å². The molecule has 1 unspecified atom stereocenters. The molecule has 0 spiro atoms. The summed E-state index contributed by atoms with van der Waals surface area (Å²) in [5.74, 6) is 0.0828. The molecular formula is C19H17BrFN3O3S. The number of halogens is 2. The molecule has 1 aromatic heterocycles. The summed E-state index contributed by atoms with van der Waals surface area (Å²) >= 11 is 3.31. The van der Waals surface area contributed by atoms with Gasteiger partial charge < -0.3 is 4.52 Å². The lowest BCUT2D eigenvalue weighted by molar-refractivity contribution is 0.265. The topological polar surface area (TPSA) is 76.3 Å².